The van der Waals surface area contributed by atoms with Gasteiger partial charge in [-0.25, -0.2) is 0 Å². The molecule has 2 rings (SSSR count). The Morgan fingerprint density at radius 2 is 2.29 bits per heavy atom. The van der Waals surface area contributed by atoms with Gasteiger partial charge in [-0.15, -0.1) is 0 Å². The van der Waals surface area contributed by atoms with E-state index in [-0.39, 0.29) is 0 Å². The van der Waals surface area contributed by atoms with Gasteiger partial charge in [-0.2, -0.15) is 5.10 Å². The number of hydrogen-bond donors (Lipinski definition) is 0. The molecule has 0 aliphatic carbocycles. The van der Waals surface area contributed by atoms with Crippen molar-refractivity contribution in [3.63, 3.8) is 0 Å². The van der Waals surface area contributed by atoms with Crippen molar-refractivity contribution in [3.8, 4) is 0 Å². The molecule has 1 saturated heterocycles. The highest BCUT2D eigenvalue weighted by Crippen LogP contribution is 2.25. The quantitative estimate of drug-likeness (QED) is 0.761. The van der Waals surface area contributed by atoms with Crippen LogP contribution in [0.1, 0.15) is 29.2 Å². The van der Waals surface area contributed by atoms with Crippen LogP contribution in [0.5, 0.6) is 0 Å². The van der Waals surface area contributed by atoms with E-state index < -0.39 is 0 Å². The Kier molecular flexibility index (Phi) is 2.98. The minimum absolute atomic E-state index is 0.354. The molecule has 5 heteroatoms. The van der Waals surface area contributed by atoms with Gasteiger partial charge in [-0.05, 0) is 28.8 Å². The van der Waals surface area contributed by atoms with Gasteiger partial charge in [0.1, 0.15) is 4.60 Å². The SMILES string of the molecule is O=Cc1cnn(C2CCOCC2)c1Br. The van der Waals surface area contributed by atoms with Gasteiger partial charge >= 0.3 is 0 Å². The van der Waals surface area contributed by atoms with Crippen LogP contribution in [0.25, 0.3) is 0 Å². The Morgan fingerprint density at radius 1 is 1.57 bits per heavy atom. The second-order valence-corrected chi connectivity index (χ2v) is 4.05. The molecule has 0 saturated carbocycles. The Hall–Kier alpha value is -0.680. The fourth-order valence-corrected chi connectivity index (χ4v) is 2.20. The molecular weight excluding hydrogens is 248 g/mol. The summed E-state index contributed by atoms with van der Waals surface area (Å²) in [6, 6.07) is 0.354. The molecule has 2 heterocycles. The summed E-state index contributed by atoms with van der Waals surface area (Å²) in [5, 5.41) is 4.19. The maximum atomic E-state index is 10.6. The van der Waals surface area contributed by atoms with Crippen molar-refractivity contribution in [3.05, 3.63) is 16.4 Å². The Balaban J connectivity index is 2.22. The zero-order chi connectivity index (χ0) is 9.97. The van der Waals surface area contributed by atoms with Gasteiger partial charge in [0.2, 0.25) is 0 Å². The van der Waals surface area contributed by atoms with E-state index in [0.717, 1.165) is 36.9 Å². The number of ether oxygens (including phenoxy) is 1. The molecule has 1 aromatic heterocycles. The van der Waals surface area contributed by atoms with Crippen LogP contribution in [0.4, 0.5) is 0 Å². The van der Waals surface area contributed by atoms with E-state index in [1.807, 2.05) is 4.68 Å². The van der Waals surface area contributed by atoms with Gasteiger partial charge in [0.25, 0.3) is 0 Å². The van der Waals surface area contributed by atoms with Gasteiger partial charge in [0.05, 0.1) is 17.8 Å². The molecule has 1 fully saturated rings. The zero-order valence-electron chi connectivity index (χ0n) is 7.65. The molecule has 0 aromatic carbocycles. The topological polar surface area (TPSA) is 44.1 Å². The Labute approximate surface area is 90.4 Å². The monoisotopic (exact) mass is 258 g/mol. The van der Waals surface area contributed by atoms with E-state index in [0.29, 0.717) is 11.6 Å². The number of carbonyl (C=O) groups excluding carboxylic acids is 1. The van der Waals surface area contributed by atoms with E-state index in [9.17, 15) is 4.79 Å². The third-order valence-electron chi connectivity index (χ3n) is 2.42. The molecule has 0 unspecified atom stereocenters. The number of aldehydes is 1. The molecule has 0 spiro atoms. The predicted molar refractivity (Wildman–Crippen MR) is 54.4 cm³/mol. The van der Waals surface area contributed by atoms with Crippen molar-refractivity contribution in [2.24, 2.45) is 0 Å². The van der Waals surface area contributed by atoms with Crippen molar-refractivity contribution < 1.29 is 9.53 Å². The largest absolute Gasteiger partial charge is 0.381 e. The number of aromatic nitrogens is 2. The molecule has 4 nitrogen and oxygen atoms in total. The molecule has 0 N–H and O–H groups in total. The molecule has 1 aliphatic rings. The van der Waals surface area contributed by atoms with Crippen molar-refractivity contribution in [1.29, 1.82) is 0 Å². The smallest absolute Gasteiger partial charge is 0.154 e. The highest BCUT2D eigenvalue weighted by molar-refractivity contribution is 9.10. The van der Waals surface area contributed by atoms with E-state index in [2.05, 4.69) is 21.0 Å². The summed E-state index contributed by atoms with van der Waals surface area (Å²) in [5.41, 5.74) is 0.608. The lowest BCUT2D eigenvalue weighted by Gasteiger charge is -2.23. The highest BCUT2D eigenvalue weighted by atomic mass is 79.9. The Morgan fingerprint density at radius 3 is 2.86 bits per heavy atom. The fraction of sp³-hybridized carbons (Fsp3) is 0.556. The minimum atomic E-state index is 0.354. The van der Waals surface area contributed by atoms with Crippen LogP contribution in [0.2, 0.25) is 0 Å². The summed E-state index contributed by atoms with van der Waals surface area (Å²) in [6.07, 6.45) is 4.32. The Bertz CT molecular complexity index is 332. The van der Waals surface area contributed by atoms with Gasteiger partial charge < -0.3 is 4.74 Å². The number of hydrogen-bond acceptors (Lipinski definition) is 3. The van der Waals surface area contributed by atoms with Crippen LogP contribution >= 0.6 is 15.9 Å². The normalized spacial score (nSPS) is 18.4. The average Bonchev–Trinajstić information content (AvgIpc) is 2.61. The average molecular weight is 259 g/mol. The first-order valence-electron chi connectivity index (χ1n) is 4.59. The first kappa shape index (κ1) is 9.86. The van der Waals surface area contributed by atoms with E-state index in [1.165, 1.54) is 0 Å². The molecule has 0 bridgehead atoms. The van der Waals surface area contributed by atoms with Gasteiger partial charge in [-0.1, -0.05) is 0 Å². The number of halogens is 1. The van der Waals surface area contributed by atoms with Crippen LogP contribution in [0.15, 0.2) is 10.8 Å². The molecule has 14 heavy (non-hydrogen) atoms. The van der Waals surface area contributed by atoms with Gasteiger partial charge in [-0.3, -0.25) is 9.48 Å². The summed E-state index contributed by atoms with van der Waals surface area (Å²) in [5.74, 6) is 0. The van der Waals surface area contributed by atoms with E-state index in [1.54, 1.807) is 6.20 Å². The lowest BCUT2D eigenvalue weighted by molar-refractivity contribution is 0.0656. The molecular formula is C9H11BrN2O2. The maximum absolute atomic E-state index is 10.6. The summed E-state index contributed by atoms with van der Waals surface area (Å²) in [6.45, 7) is 1.54. The number of carbonyl (C=O) groups is 1. The number of rotatable bonds is 2. The van der Waals surface area contributed by atoms with Crippen LogP contribution in [0.3, 0.4) is 0 Å². The first-order valence-corrected chi connectivity index (χ1v) is 5.38. The third kappa shape index (κ3) is 1.74. The minimum Gasteiger partial charge on any atom is -0.381 e. The fourth-order valence-electron chi connectivity index (χ4n) is 1.62. The molecule has 0 amide bonds. The van der Waals surface area contributed by atoms with Crippen LogP contribution in [0, 0.1) is 0 Å². The summed E-state index contributed by atoms with van der Waals surface area (Å²) < 4.78 is 7.91. The van der Waals surface area contributed by atoms with Crippen LogP contribution in [-0.2, 0) is 4.74 Å². The molecule has 0 radical (unpaired) electrons. The summed E-state index contributed by atoms with van der Waals surface area (Å²) >= 11 is 3.38. The van der Waals surface area contributed by atoms with Crippen molar-refractivity contribution in [2.45, 2.75) is 18.9 Å². The van der Waals surface area contributed by atoms with E-state index in [4.69, 9.17) is 4.74 Å². The standard InChI is InChI=1S/C9H11BrN2O2/c10-9-7(6-13)5-11-12(9)8-1-3-14-4-2-8/h5-6,8H,1-4H2. The zero-order valence-corrected chi connectivity index (χ0v) is 9.24. The second kappa shape index (κ2) is 4.23. The third-order valence-corrected chi connectivity index (χ3v) is 3.25. The lowest BCUT2D eigenvalue weighted by atomic mass is 10.1. The highest BCUT2D eigenvalue weighted by Gasteiger charge is 2.19. The molecule has 1 aliphatic heterocycles. The predicted octanol–water partition coefficient (Wildman–Crippen LogP) is 1.81. The molecule has 1 aromatic rings. The number of nitrogens with zero attached hydrogens (tertiary/aromatic N) is 2. The first-order chi connectivity index (χ1) is 6.83. The lowest BCUT2D eigenvalue weighted by Crippen LogP contribution is -2.20. The van der Waals surface area contributed by atoms with Crippen molar-refractivity contribution in [1.82, 2.24) is 9.78 Å². The van der Waals surface area contributed by atoms with E-state index >= 15 is 0 Å². The summed E-state index contributed by atoms with van der Waals surface area (Å²) in [4.78, 5) is 10.6. The summed E-state index contributed by atoms with van der Waals surface area (Å²) in [7, 11) is 0. The van der Waals surface area contributed by atoms with Crippen LogP contribution in [-0.4, -0.2) is 29.3 Å². The van der Waals surface area contributed by atoms with Crippen LogP contribution < -0.4 is 0 Å². The second-order valence-electron chi connectivity index (χ2n) is 3.30. The maximum Gasteiger partial charge on any atom is 0.154 e. The van der Waals surface area contributed by atoms with Crippen molar-refractivity contribution >= 4 is 22.2 Å². The van der Waals surface area contributed by atoms with Gasteiger partial charge in [0.15, 0.2) is 6.29 Å². The molecule has 76 valence electrons. The van der Waals surface area contributed by atoms with Gasteiger partial charge in [0, 0.05) is 13.2 Å². The molecule has 0 atom stereocenters. The van der Waals surface area contributed by atoms with Crippen molar-refractivity contribution in [2.75, 3.05) is 13.2 Å².